The van der Waals surface area contributed by atoms with Crippen molar-refractivity contribution in [2.24, 2.45) is 7.05 Å². The molecule has 0 atom stereocenters. The summed E-state index contributed by atoms with van der Waals surface area (Å²) in [7, 11) is 3.63. The van der Waals surface area contributed by atoms with Gasteiger partial charge in [0.05, 0.1) is 18.2 Å². The molecule has 0 spiro atoms. The summed E-state index contributed by atoms with van der Waals surface area (Å²) in [4.78, 5) is 13.7. The molecule has 0 saturated heterocycles. The number of aromatic nitrogens is 2. The molecule has 18 heavy (non-hydrogen) atoms. The molecule has 0 aromatic carbocycles. The van der Waals surface area contributed by atoms with Crippen LogP contribution in [0.2, 0.25) is 0 Å². The standard InChI is InChI=1S/C13H21N3O2/c1-15(9-11-8-14-16(2)10-11)12(17)7-13(18)5-3-4-6-13/h8,10,18H,3-7,9H2,1-2H3. The highest BCUT2D eigenvalue weighted by Gasteiger charge is 2.34. The zero-order valence-electron chi connectivity index (χ0n) is 11.1. The minimum Gasteiger partial charge on any atom is -0.389 e. The molecule has 0 aliphatic heterocycles. The highest BCUT2D eigenvalue weighted by Crippen LogP contribution is 2.32. The van der Waals surface area contributed by atoms with Crippen LogP contribution in [0.25, 0.3) is 0 Å². The fourth-order valence-corrected chi connectivity index (χ4v) is 2.54. The third-order valence-corrected chi connectivity index (χ3v) is 3.62. The number of amides is 1. The number of aryl methyl sites for hydroxylation is 1. The minimum atomic E-state index is -0.764. The zero-order chi connectivity index (χ0) is 13.2. The molecule has 1 N–H and O–H groups in total. The Morgan fingerprint density at radius 1 is 1.56 bits per heavy atom. The SMILES string of the molecule is CN(Cc1cnn(C)c1)C(=O)CC1(O)CCCC1. The molecule has 0 radical (unpaired) electrons. The molecule has 100 valence electrons. The van der Waals surface area contributed by atoms with Crippen molar-refractivity contribution in [3.05, 3.63) is 18.0 Å². The van der Waals surface area contributed by atoms with Crippen LogP contribution in [0.1, 0.15) is 37.7 Å². The predicted molar refractivity (Wildman–Crippen MR) is 67.7 cm³/mol. The van der Waals surface area contributed by atoms with E-state index in [0.29, 0.717) is 6.54 Å². The fourth-order valence-electron chi connectivity index (χ4n) is 2.54. The molecule has 1 aromatic rings. The third-order valence-electron chi connectivity index (χ3n) is 3.62. The van der Waals surface area contributed by atoms with Crippen LogP contribution < -0.4 is 0 Å². The number of aliphatic hydroxyl groups is 1. The lowest BCUT2D eigenvalue weighted by atomic mass is 9.97. The molecular weight excluding hydrogens is 230 g/mol. The fraction of sp³-hybridized carbons (Fsp3) is 0.692. The Morgan fingerprint density at radius 2 is 2.22 bits per heavy atom. The first-order chi connectivity index (χ1) is 8.48. The Bertz CT molecular complexity index is 422. The number of hydrogen-bond acceptors (Lipinski definition) is 3. The number of carbonyl (C=O) groups is 1. The predicted octanol–water partition coefficient (Wildman–Crippen LogP) is 1.07. The molecule has 1 saturated carbocycles. The van der Waals surface area contributed by atoms with E-state index in [9.17, 15) is 9.90 Å². The summed E-state index contributed by atoms with van der Waals surface area (Å²) in [5.74, 6) is 0.00301. The van der Waals surface area contributed by atoms with E-state index in [1.54, 1.807) is 22.8 Å². The Balaban J connectivity index is 1.88. The molecule has 5 heteroatoms. The van der Waals surface area contributed by atoms with Gasteiger partial charge in [-0.2, -0.15) is 5.10 Å². The first-order valence-corrected chi connectivity index (χ1v) is 6.42. The Kier molecular flexibility index (Phi) is 3.71. The molecule has 1 amide bonds. The number of hydrogen-bond donors (Lipinski definition) is 1. The van der Waals surface area contributed by atoms with Crippen molar-refractivity contribution in [3.8, 4) is 0 Å². The molecule has 1 fully saturated rings. The maximum Gasteiger partial charge on any atom is 0.225 e. The summed E-state index contributed by atoms with van der Waals surface area (Å²) < 4.78 is 1.72. The van der Waals surface area contributed by atoms with Crippen LogP contribution in [0.5, 0.6) is 0 Å². The third kappa shape index (κ3) is 3.10. The molecule has 2 rings (SSSR count). The normalized spacial score (nSPS) is 17.9. The Hall–Kier alpha value is -1.36. The number of nitrogens with zero attached hydrogens (tertiary/aromatic N) is 3. The summed E-state index contributed by atoms with van der Waals surface area (Å²) in [5, 5.41) is 14.3. The quantitative estimate of drug-likeness (QED) is 0.871. The topological polar surface area (TPSA) is 58.4 Å². The van der Waals surface area contributed by atoms with Gasteiger partial charge in [-0.25, -0.2) is 0 Å². The van der Waals surface area contributed by atoms with Crippen LogP contribution in [0.15, 0.2) is 12.4 Å². The van der Waals surface area contributed by atoms with Crippen LogP contribution in [0.4, 0.5) is 0 Å². The average molecular weight is 251 g/mol. The Labute approximate surface area is 107 Å². The number of carbonyl (C=O) groups excluding carboxylic acids is 1. The van der Waals surface area contributed by atoms with E-state index in [1.165, 1.54) is 0 Å². The highest BCUT2D eigenvalue weighted by molar-refractivity contribution is 5.77. The van der Waals surface area contributed by atoms with Crippen molar-refractivity contribution in [3.63, 3.8) is 0 Å². The van der Waals surface area contributed by atoms with Crippen molar-refractivity contribution >= 4 is 5.91 Å². The van der Waals surface area contributed by atoms with Gasteiger partial charge in [0, 0.05) is 32.4 Å². The maximum atomic E-state index is 12.1. The van der Waals surface area contributed by atoms with Gasteiger partial charge >= 0.3 is 0 Å². The van der Waals surface area contributed by atoms with E-state index in [0.717, 1.165) is 31.2 Å². The van der Waals surface area contributed by atoms with Gasteiger partial charge in [-0.05, 0) is 12.8 Å². The minimum absolute atomic E-state index is 0.00301. The monoisotopic (exact) mass is 251 g/mol. The molecule has 1 heterocycles. The lowest BCUT2D eigenvalue weighted by molar-refractivity contribution is -0.135. The molecule has 5 nitrogen and oxygen atoms in total. The molecule has 1 aliphatic carbocycles. The molecule has 1 aliphatic rings. The van der Waals surface area contributed by atoms with E-state index < -0.39 is 5.60 Å². The van der Waals surface area contributed by atoms with Crippen LogP contribution in [0, 0.1) is 0 Å². The van der Waals surface area contributed by atoms with Crippen molar-refractivity contribution in [1.29, 1.82) is 0 Å². The van der Waals surface area contributed by atoms with Gasteiger partial charge < -0.3 is 10.0 Å². The van der Waals surface area contributed by atoms with Gasteiger partial charge in [0.25, 0.3) is 0 Å². The largest absolute Gasteiger partial charge is 0.389 e. The van der Waals surface area contributed by atoms with E-state index in [1.807, 2.05) is 13.2 Å². The van der Waals surface area contributed by atoms with Crippen molar-refractivity contribution in [2.45, 2.75) is 44.2 Å². The summed E-state index contributed by atoms with van der Waals surface area (Å²) in [6, 6.07) is 0. The van der Waals surface area contributed by atoms with Crippen LogP contribution in [-0.4, -0.2) is 38.3 Å². The first kappa shape index (κ1) is 13.1. The van der Waals surface area contributed by atoms with Gasteiger partial charge in [0.2, 0.25) is 5.91 Å². The van der Waals surface area contributed by atoms with Crippen LogP contribution >= 0.6 is 0 Å². The van der Waals surface area contributed by atoms with Crippen molar-refractivity contribution in [2.75, 3.05) is 7.05 Å². The molecule has 0 unspecified atom stereocenters. The zero-order valence-corrected chi connectivity index (χ0v) is 11.1. The second-order valence-electron chi connectivity index (χ2n) is 5.38. The van der Waals surface area contributed by atoms with E-state index in [2.05, 4.69) is 5.10 Å². The molecular formula is C13H21N3O2. The highest BCUT2D eigenvalue weighted by atomic mass is 16.3. The van der Waals surface area contributed by atoms with Crippen molar-refractivity contribution in [1.82, 2.24) is 14.7 Å². The molecule has 0 bridgehead atoms. The summed E-state index contributed by atoms with van der Waals surface area (Å²) in [6.45, 7) is 0.544. The maximum absolute atomic E-state index is 12.1. The van der Waals surface area contributed by atoms with E-state index in [4.69, 9.17) is 0 Å². The van der Waals surface area contributed by atoms with Gasteiger partial charge in [0.15, 0.2) is 0 Å². The van der Waals surface area contributed by atoms with Gasteiger partial charge in [-0.15, -0.1) is 0 Å². The first-order valence-electron chi connectivity index (χ1n) is 6.42. The summed E-state index contributed by atoms with van der Waals surface area (Å²) >= 11 is 0. The van der Waals surface area contributed by atoms with E-state index in [-0.39, 0.29) is 12.3 Å². The lowest BCUT2D eigenvalue weighted by Crippen LogP contribution is -2.35. The smallest absolute Gasteiger partial charge is 0.225 e. The van der Waals surface area contributed by atoms with Crippen molar-refractivity contribution < 1.29 is 9.90 Å². The second kappa shape index (κ2) is 5.10. The summed E-state index contributed by atoms with van der Waals surface area (Å²) in [6.07, 6.45) is 7.44. The molecule has 1 aromatic heterocycles. The lowest BCUT2D eigenvalue weighted by Gasteiger charge is -2.25. The average Bonchev–Trinajstić information content (AvgIpc) is 2.88. The summed E-state index contributed by atoms with van der Waals surface area (Å²) in [5.41, 5.74) is 0.243. The van der Waals surface area contributed by atoms with Crippen LogP contribution in [-0.2, 0) is 18.4 Å². The van der Waals surface area contributed by atoms with Gasteiger partial charge in [-0.1, -0.05) is 12.8 Å². The van der Waals surface area contributed by atoms with E-state index >= 15 is 0 Å². The van der Waals surface area contributed by atoms with Crippen LogP contribution in [0.3, 0.4) is 0 Å². The van der Waals surface area contributed by atoms with Gasteiger partial charge in [0.1, 0.15) is 0 Å². The van der Waals surface area contributed by atoms with Gasteiger partial charge in [-0.3, -0.25) is 9.48 Å². The second-order valence-corrected chi connectivity index (χ2v) is 5.38. The Morgan fingerprint density at radius 3 is 2.78 bits per heavy atom. The number of rotatable bonds is 4.